The van der Waals surface area contributed by atoms with Gasteiger partial charge in [-0.3, -0.25) is 10.1 Å². The van der Waals surface area contributed by atoms with E-state index in [1.807, 2.05) is 13.8 Å². The number of nitrogens with one attached hydrogen (secondary N) is 1. The largest absolute Gasteiger partial charge is 0.465 e. The topological polar surface area (TPSA) is 128 Å². The average Bonchev–Trinajstić information content (AvgIpc) is 3.16. The van der Waals surface area contributed by atoms with E-state index >= 15 is 0 Å². The fourth-order valence-corrected chi connectivity index (χ4v) is 2.86. The van der Waals surface area contributed by atoms with Crippen molar-refractivity contribution in [3.63, 3.8) is 0 Å². The van der Waals surface area contributed by atoms with Gasteiger partial charge in [0.05, 0.1) is 18.7 Å². The maximum atomic E-state index is 12.4. The first kappa shape index (κ1) is 21.4. The van der Waals surface area contributed by atoms with Crippen molar-refractivity contribution in [2.45, 2.75) is 38.8 Å². The Morgan fingerprint density at radius 3 is 2.39 bits per heavy atom. The predicted octanol–water partition coefficient (Wildman–Crippen LogP) is 1.52. The summed E-state index contributed by atoms with van der Waals surface area (Å²) in [5, 5.41) is 2.40. The van der Waals surface area contributed by atoms with E-state index in [4.69, 9.17) is 10.5 Å². The third kappa shape index (κ3) is 5.07. The van der Waals surface area contributed by atoms with Crippen LogP contribution in [-0.2, 0) is 19.1 Å². The van der Waals surface area contributed by atoms with Crippen LogP contribution in [0.1, 0.15) is 37.0 Å². The van der Waals surface area contributed by atoms with Crippen LogP contribution < -0.4 is 11.1 Å². The summed E-state index contributed by atoms with van der Waals surface area (Å²) >= 11 is 0. The highest BCUT2D eigenvalue weighted by molar-refractivity contribution is 5.97. The molecule has 0 aliphatic carbocycles. The molecule has 28 heavy (non-hydrogen) atoms. The molecule has 1 aliphatic rings. The molecular weight excluding hydrogens is 366 g/mol. The molecule has 1 fully saturated rings. The first-order chi connectivity index (χ1) is 13.2. The molecule has 0 saturated carbocycles. The quantitative estimate of drug-likeness (QED) is 0.575. The molecule has 152 valence electrons. The van der Waals surface area contributed by atoms with E-state index in [2.05, 4.69) is 10.1 Å². The number of amides is 2. The summed E-state index contributed by atoms with van der Waals surface area (Å²) in [5.41, 5.74) is 6.55. The number of ether oxygens (including phenoxy) is 2. The minimum Gasteiger partial charge on any atom is -0.465 e. The minimum atomic E-state index is -0.969. The minimum absolute atomic E-state index is 0.0685. The van der Waals surface area contributed by atoms with Crippen molar-refractivity contribution in [1.29, 1.82) is 0 Å². The van der Waals surface area contributed by atoms with Crippen molar-refractivity contribution in [3.8, 4) is 0 Å². The number of likely N-dealkylation sites (tertiary alicyclic amines) is 1. The molecule has 1 heterocycles. The number of methoxy groups -OCH3 is 1. The van der Waals surface area contributed by atoms with Crippen LogP contribution in [0.15, 0.2) is 24.3 Å². The highest BCUT2D eigenvalue weighted by Gasteiger charge is 2.38. The summed E-state index contributed by atoms with van der Waals surface area (Å²) in [6.07, 6.45) is 0.0759. The molecule has 2 rings (SSSR count). The second-order valence-electron chi connectivity index (χ2n) is 6.86. The third-order valence-electron chi connectivity index (χ3n) is 4.56. The zero-order chi connectivity index (χ0) is 20.8. The molecule has 9 heteroatoms. The van der Waals surface area contributed by atoms with Gasteiger partial charge in [-0.2, -0.15) is 0 Å². The van der Waals surface area contributed by atoms with Crippen molar-refractivity contribution in [3.05, 3.63) is 29.8 Å². The number of hydrogen-bond acceptors (Lipinski definition) is 7. The van der Waals surface area contributed by atoms with E-state index in [9.17, 15) is 19.2 Å². The number of nitrogens with two attached hydrogens (primary N) is 1. The van der Waals surface area contributed by atoms with Gasteiger partial charge in [-0.25, -0.2) is 14.4 Å². The molecule has 0 unspecified atom stereocenters. The molecule has 1 saturated heterocycles. The number of nitrogens with zero attached hydrogens (tertiary/aromatic N) is 1. The van der Waals surface area contributed by atoms with Gasteiger partial charge in [0.1, 0.15) is 6.04 Å². The first-order valence-electron chi connectivity index (χ1n) is 9.01. The lowest BCUT2D eigenvalue weighted by Crippen LogP contribution is -2.51. The summed E-state index contributed by atoms with van der Waals surface area (Å²) in [4.78, 5) is 49.6. The normalized spacial score (nSPS) is 17.2. The van der Waals surface area contributed by atoms with Crippen molar-refractivity contribution >= 4 is 29.6 Å². The Labute approximate surface area is 163 Å². The fraction of sp³-hybridized carbons (Fsp3) is 0.474. The lowest BCUT2D eigenvalue weighted by molar-refractivity contribution is -0.149. The van der Waals surface area contributed by atoms with Crippen LogP contribution in [0, 0.1) is 5.92 Å². The first-order valence-corrected chi connectivity index (χ1v) is 9.01. The Morgan fingerprint density at radius 1 is 1.18 bits per heavy atom. The van der Waals surface area contributed by atoms with Crippen LogP contribution in [0.5, 0.6) is 0 Å². The van der Waals surface area contributed by atoms with Crippen molar-refractivity contribution < 1.29 is 28.7 Å². The number of benzene rings is 1. The van der Waals surface area contributed by atoms with Crippen molar-refractivity contribution in [1.82, 2.24) is 4.90 Å². The van der Waals surface area contributed by atoms with Gasteiger partial charge in [0, 0.05) is 12.2 Å². The molecule has 0 bridgehead atoms. The number of anilines is 1. The van der Waals surface area contributed by atoms with Crippen LogP contribution in [0.25, 0.3) is 0 Å². The maximum absolute atomic E-state index is 12.4. The van der Waals surface area contributed by atoms with Gasteiger partial charge in [0.2, 0.25) is 5.91 Å². The van der Waals surface area contributed by atoms with Crippen LogP contribution in [-0.4, -0.2) is 54.6 Å². The van der Waals surface area contributed by atoms with Crippen LogP contribution in [0.3, 0.4) is 0 Å². The maximum Gasteiger partial charge on any atom is 0.419 e. The third-order valence-corrected chi connectivity index (χ3v) is 4.56. The number of esters is 2. The molecule has 0 aromatic heterocycles. The molecule has 2 atom stereocenters. The van der Waals surface area contributed by atoms with Crippen LogP contribution in [0.4, 0.5) is 10.5 Å². The Morgan fingerprint density at radius 2 is 1.82 bits per heavy atom. The number of carbonyl (C=O) groups is 4. The lowest BCUT2D eigenvalue weighted by Gasteiger charge is -2.27. The summed E-state index contributed by atoms with van der Waals surface area (Å²) in [7, 11) is 1.27. The Bertz CT molecular complexity index is 747. The molecule has 3 N–H and O–H groups in total. The number of rotatable bonds is 5. The number of hydrogen-bond donors (Lipinski definition) is 2. The van der Waals surface area contributed by atoms with Gasteiger partial charge < -0.3 is 20.1 Å². The van der Waals surface area contributed by atoms with Gasteiger partial charge >= 0.3 is 18.0 Å². The second-order valence-corrected chi connectivity index (χ2v) is 6.86. The monoisotopic (exact) mass is 391 g/mol. The summed E-state index contributed by atoms with van der Waals surface area (Å²) in [6, 6.07) is 4.35. The molecule has 9 nitrogen and oxygen atoms in total. The van der Waals surface area contributed by atoms with Gasteiger partial charge in [0.25, 0.3) is 0 Å². The standard InChI is InChI=1S/C19H25N3O6/c1-11(2)15(20)16(23)22-10-4-5-14(22)18(25)28-19(26)21-13-8-6-12(7-9-13)17(24)27-3/h6-9,11,14-15H,4-5,10,20H2,1-3H3,(H,21,26)/t14-,15-/m0/s1. The lowest BCUT2D eigenvalue weighted by atomic mass is 10.0. The van der Waals surface area contributed by atoms with Gasteiger partial charge in [-0.1, -0.05) is 13.8 Å². The zero-order valence-electron chi connectivity index (χ0n) is 16.1. The smallest absolute Gasteiger partial charge is 0.419 e. The van der Waals surface area contributed by atoms with Crippen molar-refractivity contribution in [2.24, 2.45) is 11.7 Å². The Hall–Kier alpha value is -2.94. The van der Waals surface area contributed by atoms with Gasteiger partial charge in [-0.05, 0) is 43.0 Å². The molecule has 1 aromatic rings. The Balaban J connectivity index is 1.95. The van der Waals surface area contributed by atoms with Crippen LogP contribution in [0.2, 0.25) is 0 Å². The molecule has 1 aliphatic heterocycles. The van der Waals surface area contributed by atoms with Crippen molar-refractivity contribution in [2.75, 3.05) is 19.0 Å². The molecular formula is C19H25N3O6. The molecule has 0 spiro atoms. The van der Waals surface area contributed by atoms with Crippen LogP contribution >= 0.6 is 0 Å². The average molecular weight is 391 g/mol. The van der Waals surface area contributed by atoms with Gasteiger partial charge in [0.15, 0.2) is 0 Å². The van der Waals surface area contributed by atoms with E-state index in [0.29, 0.717) is 30.6 Å². The van der Waals surface area contributed by atoms with Gasteiger partial charge in [-0.15, -0.1) is 0 Å². The highest BCUT2D eigenvalue weighted by Crippen LogP contribution is 2.21. The second kappa shape index (κ2) is 9.32. The summed E-state index contributed by atoms with van der Waals surface area (Å²) in [5.74, 6) is -1.70. The number of carbonyl (C=O) groups excluding carboxylic acids is 4. The van der Waals surface area contributed by atoms with E-state index < -0.39 is 30.1 Å². The molecule has 1 aromatic carbocycles. The molecule has 0 radical (unpaired) electrons. The summed E-state index contributed by atoms with van der Waals surface area (Å²) < 4.78 is 9.43. The predicted molar refractivity (Wildman–Crippen MR) is 100 cm³/mol. The Kier molecular flexibility index (Phi) is 7.11. The fourth-order valence-electron chi connectivity index (χ4n) is 2.86. The van der Waals surface area contributed by atoms with E-state index in [-0.39, 0.29) is 11.8 Å². The SMILES string of the molecule is COC(=O)c1ccc(NC(=O)OC(=O)[C@@H]2CCCN2C(=O)[C@@H](N)C(C)C)cc1. The van der Waals surface area contributed by atoms with E-state index in [0.717, 1.165) is 0 Å². The summed E-state index contributed by atoms with van der Waals surface area (Å²) in [6.45, 7) is 4.05. The van der Waals surface area contributed by atoms with E-state index in [1.165, 1.54) is 36.3 Å². The van der Waals surface area contributed by atoms with E-state index in [1.54, 1.807) is 0 Å². The molecule has 2 amide bonds. The zero-order valence-corrected chi connectivity index (χ0v) is 16.1. The highest BCUT2D eigenvalue weighted by atomic mass is 16.6.